The minimum absolute atomic E-state index is 0.0496. The van der Waals surface area contributed by atoms with Gasteiger partial charge in [0, 0.05) is 35.1 Å². The standard InChI is InChI=1S/C25H19NO2/c1-17-23(26-2)14-13-18-11-12-20(16-24(27)25(17)18)19-7-6-10-22(15-19)28-21-8-4-3-5-9-21/h3-10,13-16,26H,1-2H3. The van der Waals surface area contributed by atoms with Crippen molar-refractivity contribution in [3.8, 4) is 22.6 Å². The summed E-state index contributed by atoms with van der Waals surface area (Å²) in [5.41, 5.74) is 3.34. The number of nitrogens with one attached hydrogen (secondary N) is 1. The summed E-state index contributed by atoms with van der Waals surface area (Å²) in [6.07, 6.45) is 0. The van der Waals surface area contributed by atoms with Crippen LogP contribution in [0, 0.1) is 19.1 Å². The van der Waals surface area contributed by atoms with Crippen molar-refractivity contribution >= 4 is 16.5 Å². The van der Waals surface area contributed by atoms with Gasteiger partial charge in [0.1, 0.15) is 11.5 Å². The summed E-state index contributed by atoms with van der Waals surface area (Å²) in [6, 6.07) is 29.0. The number of hydrogen-bond acceptors (Lipinski definition) is 3. The third kappa shape index (κ3) is 3.41. The largest absolute Gasteiger partial charge is 0.457 e. The Balaban J connectivity index is 1.79. The second-order valence-corrected chi connectivity index (χ2v) is 6.53. The van der Waals surface area contributed by atoms with E-state index in [9.17, 15) is 4.79 Å². The van der Waals surface area contributed by atoms with Gasteiger partial charge in [0.05, 0.1) is 0 Å². The van der Waals surface area contributed by atoms with Crippen LogP contribution in [0.2, 0.25) is 0 Å². The van der Waals surface area contributed by atoms with Gasteiger partial charge in [0.2, 0.25) is 0 Å². The lowest BCUT2D eigenvalue weighted by Crippen LogP contribution is -2.01. The predicted octanol–water partition coefficient (Wildman–Crippen LogP) is 5.61. The van der Waals surface area contributed by atoms with Crippen LogP contribution in [0.25, 0.3) is 21.9 Å². The van der Waals surface area contributed by atoms with Gasteiger partial charge in [-0.3, -0.25) is 4.79 Å². The van der Waals surface area contributed by atoms with Crippen LogP contribution in [-0.2, 0) is 0 Å². The molecule has 28 heavy (non-hydrogen) atoms. The zero-order valence-corrected chi connectivity index (χ0v) is 15.7. The molecule has 0 aliphatic rings. The summed E-state index contributed by atoms with van der Waals surface area (Å²) in [5, 5.41) is 4.53. The molecule has 4 rings (SSSR count). The van der Waals surface area contributed by atoms with Gasteiger partial charge in [-0.15, -0.1) is 0 Å². The van der Waals surface area contributed by atoms with Gasteiger partial charge in [-0.25, -0.2) is 0 Å². The van der Waals surface area contributed by atoms with E-state index in [0.717, 1.165) is 28.0 Å². The zero-order valence-electron chi connectivity index (χ0n) is 15.7. The van der Waals surface area contributed by atoms with Gasteiger partial charge >= 0.3 is 0 Å². The first-order chi connectivity index (χ1) is 13.7. The van der Waals surface area contributed by atoms with Crippen LogP contribution >= 0.6 is 0 Å². The Kier molecular flexibility index (Phi) is 4.70. The normalized spacial score (nSPS) is 10.4. The number of anilines is 1. The number of benzene rings is 3. The second kappa shape index (κ2) is 7.46. The molecule has 4 aromatic rings. The molecule has 0 atom stereocenters. The average molecular weight is 365 g/mol. The number of ether oxygens (including phenoxy) is 1. The van der Waals surface area contributed by atoms with Gasteiger partial charge in [-0.05, 0) is 54.4 Å². The third-order valence-electron chi connectivity index (χ3n) is 4.71. The molecule has 0 aliphatic carbocycles. The highest BCUT2D eigenvalue weighted by atomic mass is 16.5. The van der Waals surface area contributed by atoms with E-state index in [1.165, 1.54) is 0 Å². The summed E-state index contributed by atoms with van der Waals surface area (Å²) < 4.78 is 5.91. The molecular weight excluding hydrogens is 346 g/mol. The number of hydrogen-bond donors (Lipinski definition) is 1. The van der Waals surface area contributed by atoms with E-state index in [1.807, 2.05) is 80.7 Å². The smallest absolute Gasteiger partial charge is 0.188 e. The molecule has 0 unspecified atom stereocenters. The first-order valence-corrected chi connectivity index (χ1v) is 9.08. The van der Waals surface area contributed by atoms with Crippen LogP contribution in [0.5, 0.6) is 11.5 Å². The molecule has 3 heteroatoms. The first-order valence-electron chi connectivity index (χ1n) is 9.08. The highest BCUT2D eigenvalue weighted by Crippen LogP contribution is 2.27. The molecule has 0 heterocycles. The Labute approximate surface area is 164 Å². The second-order valence-electron chi connectivity index (χ2n) is 6.53. The minimum atomic E-state index is -0.0496. The molecule has 4 aromatic carbocycles. The van der Waals surface area contributed by atoms with Crippen molar-refractivity contribution in [2.45, 2.75) is 6.92 Å². The Hall–Kier alpha value is -3.77. The molecule has 1 N–H and O–H groups in total. The molecule has 0 amide bonds. The summed E-state index contributed by atoms with van der Waals surface area (Å²) in [6.45, 7) is 1.94. The van der Waals surface area contributed by atoms with E-state index in [1.54, 1.807) is 6.07 Å². The zero-order chi connectivity index (χ0) is 19.5. The molecule has 0 fully saturated rings. The topological polar surface area (TPSA) is 38.3 Å². The van der Waals surface area contributed by atoms with Crippen LogP contribution in [0.3, 0.4) is 0 Å². The quantitative estimate of drug-likeness (QED) is 0.511. The lowest BCUT2D eigenvalue weighted by atomic mass is 10.1. The molecule has 0 aliphatic heterocycles. The van der Waals surface area contributed by atoms with Crippen LogP contribution in [-0.4, -0.2) is 7.05 Å². The van der Waals surface area contributed by atoms with Crippen molar-refractivity contribution in [1.82, 2.24) is 0 Å². The maximum absolute atomic E-state index is 12.9. The van der Waals surface area contributed by atoms with Gasteiger partial charge in [-0.1, -0.05) is 42.5 Å². The summed E-state index contributed by atoms with van der Waals surface area (Å²) in [4.78, 5) is 12.9. The highest BCUT2D eigenvalue weighted by Gasteiger charge is 2.07. The Bertz CT molecular complexity index is 1200. The van der Waals surface area contributed by atoms with Crippen molar-refractivity contribution in [1.29, 1.82) is 0 Å². The van der Waals surface area contributed by atoms with Crippen molar-refractivity contribution in [3.63, 3.8) is 0 Å². The van der Waals surface area contributed by atoms with Gasteiger partial charge in [0.15, 0.2) is 5.43 Å². The molecule has 0 saturated heterocycles. The van der Waals surface area contributed by atoms with Crippen LogP contribution < -0.4 is 15.5 Å². The van der Waals surface area contributed by atoms with Crippen molar-refractivity contribution in [2.75, 3.05) is 12.4 Å². The highest BCUT2D eigenvalue weighted by molar-refractivity contribution is 5.89. The number of fused-ring (bicyclic) bond motifs is 1. The fraction of sp³-hybridized carbons (Fsp3) is 0.0800. The Morgan fingerprint density at radius 3 is 2.43 bits per heavy atom. The number of para-hydroxylation sites is 1. The van der Waals surface area contributed by atoms with E-state index in [2.05, 4.69) is 17.4 Å². The van der Waals surface area contributed by atoms with E-state index >= 15 is 0 Å². The molecule has 0 spiro atoms. The fourth-order valence-electron chi connectivity index (χ4n) is 3.29. The predicted molar refractivity (Wildman–Crippen MR) is 114 cm³/mol. The van der Waals surface area contributed by atoms with Gasteiger partial charge < -0.3 is 10.1 Å². The number of rotatable bonds is 4. The lowest BCUT2D eigenvalue weighted by molar-refractivity contribution is 0.483. The Morgan fingerprint density at radius 1 is 0.857 bits per heavy atom. The van der Waals surface area contributed by atoms with E-state index < -0.39 is 0 Å². The van der Waals surface area contributed by atoms with Gasteiger partial charge in [-0.2, -0.15) is 0 Å². The van der Waals surface area contributed by atoms with Gasteiger partial charge in [0.25, 0.3) is 0 Å². The fourth-order valence-corrected chi connectivity index (χ4v) is 3.29. The third-order valence-corrected chi connectivity index (χ3v) is 4.71. The molecule has 0 bridgehead atoms. The van der Waals surface area contributed by atoms with Crippen LogP contribution in [0.4, 0.5) is 5.69 Å². The first kappa shape index (κ1) is 17.6. The lowest BCUT2D eigenvalue weighted by Gasteiger charge is -2.06. The van der Waals surface area contributed by atoms with Crippen molar-refractivity contribution in [2.24, 2.45) is 0 Å². The van der Waals surface area contributed by atoms with Crippen molar-refractivity contribution in [3.05, 3.63) is 101 Å². The van der Waals surface area contributed by atoms with Crippen LogP contribution in [0.15, 0.2) is 77.6 Å². The van der Waals surface area contributed by atoms with E-state index in [-0.39, 0.29) is 5.43 Å². The van der Waals surface area contributed by atoms with Crippen molar-refractivity contribution < 1.29 is 4.74 Å². The minimum Gasteiger partial charge on any atom is -0.457 e. The Morgan fingerprint density at radius 2 is 1.64 bits per heavy atom. The summed E-state index contributed by atoms with van der Waals surface area (Å²) in [7, 11) is 1.85. The van der Waals surface area contributed by atoms with E-state index in [4.69, 9.17) is 4.74 Å². The van der Waals surface area contributed by atoms with E-state index in [0.29, 0.717) is 16.7 Å². The molecule has 0 radical (unpaired) electrons. The SMILES string of the molecule is CNc1ccc2c#cc(-c3cccc(Oc4ccccc4)c3)cc(=O)c2c1C. The molecule has 0 aromatic heterocycles. The number of aryl methyl sites for hydroxylation is 1. The molecule has 136 valence electrons. The molecule has 0 saturated carbocycles. The molecular formula is C25H19NO2. The monoisotopic (exact) mass is 365 g/mol. The maximum atomic E-state index is 12.9. The maximum Gasteiger partial charge on any atom is 0.188 e. The van der Waals surface area contributed by atoms with Crippen LogP contribution in [0.1, 0.15) is 5.56 Å². The summed E-state index contributed by atoms with van der Waals surface area (Å²) in [5.74, 6) is 1.47. The molecule has 3 nitrogen and oxygen atoms in total. The average Bonchev–Trinajstić information content (AvgIpc) is 2.89. The summed E-state index contributed by atoms with van der Waals surface area (Å²) >= 11 is 0.